The maximum atomic E-state index is 12.2. The molecule has 0 atom stereocenters. The van der Waals surface area contributed by atoms with Crippen LogP contribution in [0.2, 0.25) is 5.02 Å². The van der Waals surface area contributed by atoms with Gasteiger partial charge in [-0.25, -0.2) is 0 Å². The molecule has 0 unspecified atom stereocenters. The zero-order chi connectivity index (χ0) is 20.9. The number of halogens is 1. The average Bonchev–Trinajstić information content (AvgIpc) is 3.20. The summed E-state index contributed by atoms with van der Waals surface area (Å²) in [6, 6.07) is 13.8. The molecule has 0 radical (unpaired) electrons. The molecule has 2 N–H and O–H groups in total. The summed E-state index contributed by atoms with van der Waals surface area (Å²) in [5, 5.41) is 4.92. The number of H-pyrrole nitrogens is 1. The Labute approximate surface area is 182 Å². The van der Waals surface area contributed by atoms with Gasteiger partial charge in [0.05, 0.1) is 7.11 Å². The van der Waals surface area contributed by atoms with Gasteiger partial charge in [-0.1, -0.05) is 29.8 Å². The molecule has 0 aliphatic carbocycles. The molecule has 1 aromatic heterocycles. The number of nitrogens with one attached hydrogen (secondary N) is 2. The van der Waals surface area contributed by atoms with Crippen molar-refractivity contribution in [3.8, 4) is 5.75 Å². The van der Waals surface area contributed by atoms with Crippen molar-refractivity contribution in [2.24, 2.45) is 0 Å². The number of benzene rings is 2. The van der Waals surface area contributed by atoms with E-state index in [1.807, 2.05) is 30.3 Å². The zero-order valence-corrected chi connectivity index (χ0v) is 18.0. The number of ether oxygens (including phenoxy) is 1. The summed E-state index contributed by atoms with van der Waals surface area (Å²) in [6.07, 6.45) is 4.86. The van der Waals surface area contributed by atoms with E-state index in [4.69, 9.17) is 16.3 Å². The Kier molecular flexibility index (Phi) is 6.60. The molecule has 1 fully saturated rings. The number of piperidine rings is 1. The van der Waals surface area contributed by atoms with Crippen LogP contribution in [0.1, 0.15) is 36.3 Å². The number of methoxy groups -OCH3 is 1. The number of nitrogens with zero attached hydrogens (tertiary/aromatic N) is 1. The molecule has 1 saturated heterocycles. The van der Waals surface area contributed by atoms with Gasteiger partial charge < -0.3 is 19.9 Å². The number of hydrogen-bond donors (Lipinski definition) is 2. The van der Waals surface area contributed by atoms with E-state index in [-0.39, 0.29) is 5.91 Å². The fourth-order valence-corrected chi connectivity index (χ4v) is 4.44. The fourth-order valence-electron chi connectivity index (χ4n) is 4.24. The zero-order valence-electron chi connectivity index (χ0n) is 17.3. The summed E-state index contributed by atoms with van der Waals surface area (Å²) in [5.41, 5.74) is 3.48. The van der Waals surface area contributed by atoms with Gasteiger partial charge in [0.1, 0.15) is 5.75 Å². The average molecular weight is 426 g/mol. The first kappa shape index (κ1) is 20.8. The number of amides is 1. The van der Waals surface area contributed by atoms with Crippen LogP contribution in [0, 0.1) is 0 Å². The molecule has 3 aromatic rings. The third kappa shape index (κ3) is 4.79. The van der Waals surface area contributed by atoms with Gasteiger partial charge in [0.2, 0.25) is 5.91 Å². The Bertz CT molecular complexity index is 1010. The minimum atomic E-state index is 0.0702. The normalized spacial score (nSPS) is 15.4. The Morgan fingerprint density at radius 3 is 2.80 bits per heavy atom. The molecule has 2 heterocycles. The van der Waals surface area contributed by atoms with Gasteiger partial charge in [0.15, 0.2) is 0 Å². The number of rotatable bonds is 7. The molecule has 158 valence electrons. The van der Waals surface area contributed by atoms with Gasteiger partial charge in [0.25, 0.3) is 0 Å². The number of hydrogen-bond acceptors (Lipinski definition) is 3. The molecule has 1 aliphatic rings. The van der Waals surface area contributed by atoms with Crippen LogP contribution in [0.25, 0.3) is 10.9 Å². The van der Waals surface area contributed by atoms with Crippen LogP contribution >= 0.6 is 11.6 Å². The Hall–Kier alpha value is -2.50. The van der Waals surface area contributed by atoms with Gasteiger partial charge in [-0.2, -0.15) is 0 Å². The monoisotopic (exact) mass is 425 g/mol. The second kappa shape index (κ2) is 9.54. The first-order chi connectivity index (χ1) is 14.6. The van der Waals surface area contributed by atoms with Gasteiger partial charge in [-0.05, 0) is 67.2 Å². The maximum absolute atomic E-state index is 12.2. The highest BCUT2D eigenvalue weighted by Gasteiger charge is 2.23. The molecule has 0 bridgehead atoms. The minimum Gasteiger partial charge on any atom is -0.497 e. The maximum Gasteiger partial charge on any atom is 0.221 e. The van der Waals surface area contributed by atoms with Crippen molar-refractivity contribution in [1.29, 1.82) is 0 Å². The Morgan fingerprint density at radius 2 is 2.03 bits per heavy atom. The lowest BCUT2D eigenvalue weighted by molar-refractivity contribution is -0.121. The molecule has 1 aliphatic heterocycles. The minimum absolute atomic E-state index is 0.0702. The fraction of sp³-hybridized carbons (Fsp3) is 0.375. The topological polar surface area (TPSA) is 57.4 Å². The van der Waals surface area contributed by atoms with Gasteiger partial charge in [-0.15, -0.1) is 0 Å². The third-order valence-electron chi connectivity index (χ3n) is 6.04. The van der Waals surface area contributed by atoms with E-state index in [2.05, 4.69) is 33.5 Å². The lowest BCUT2D eigenvalue weighted by atomic mass is 9.89. The summed E-state index contributed by atoms with van der Waals surface area (Å²) in [4.78, 5) is 18.0. The quantitative estimate of drug-likeness (QED) is 0.576. The number of fused-ring (bicyclic) bond motifs is 1. The summed E-state index contributed by atoms with van der Waals surface area (Å²) in [7, 11) is 1.70. The van der Waals surface area contributed by atoms with Gasteiger partial charge in [-0.3, -0.25) is 4.79 Å². The van der Waals surface area contributed by atoms with Crippen LogP contribution in [0.15, 0.2) is 48.7 Å². The summed E-state index contributed by atoms with van der Waals surface area (Å²) < 4.78 is 5.39. The number of carbonyl (C=O) groups excluding carboxylic acids is 1. The molecule has 0 saturated carbocycles. The molecule has 30 heavy (non-hydrogen) atoms. The first-order valence-electron chi connectivity index (χ1n) is 10.5. The van der Waals surface area contributed by atoms with Gasteiger partial charge in [0, 0.05) is 41.6 Å². The van der Waals surface area contributed by atoms with Crippen LogP contribution in [0.3, 0.4) is 0 Å². The summed E-state index contributed by atoms with van der Waals surface area (Å²) >= 11 is 6.15. The van der Waals surface area contributed by atoms with E-state index in [9.17, 15) is 4.79 Å². The van der Waals surface area contributed by atoms with E-state index < -0.39 is 0 Å². The SMILES string of the molecule is COc1ccc2[nH]cc(C3CCN(CCC(=O)NCc4ccccc4Cl)CC3)c2c1. The molecule has 4 rings (SSSR count). The highest BCUT2D eigenvalue weighted by molar-refractivity contribution is 6.31. The standard InChI is InChI=1S/C24H28ClN3O2/c1-30-19-6-7-23-20(14-19)21(16-26-23)17-8-11-28(12-9-17)13-10-24(29)27-15-18-4-2-3-5-22(18)25/h2-7,14,16-17,26H,8-13,15H2,1H3,(H,27,29). The van der Waals surface area contributed by atoms with Crippen molar-refractivity contribution in [1.82, 2.24) is 15.2 Å². The summed E-state index contributed by atoms with van der Waals surface area (Å²) in [5.74, 6) is 1.50. The van der Waals surface area contributed by atoms with Crippen molar-refractivity contribution >= 4 is 28.4 Å². The Morgan fingerprint density at radius 1 is 1.23 bits per heavy atom. The van der Waals surface area contributed by atoms with Crippen LogP contribution in [-0.4, -0.2) is 42.5 Å². The number of aromatic amines is 1. The van der Waals surface area contributed by atoms with Crippen LogP contribution in [-0.2, 0) is 11.3 Å². The smallest absolute Gasteiger partial charge is 0.221 e. The van der Waals surface area contributed by atoms with E-state index >= 15 is 0 Å². The molecule has 2 aromatic carbocycles. The number of aromatic nitrogens is 1. The van der Waals surface area contributed by atoms with Crippen molar-refractivity contribution in [3.05, 3.63) is 64.8 Å². The molecular weight excluding hydrogens is 398 g/mol. The third-order valence-corrected chi connectivity index (χ3v) is 6.41. The molecule has 1 amide bonds. The van der Waals surface area contributed by atoms with Crippen molar-refractivity contribution < 1.29 is 9.53 Å². The molecule has 6 heteroatoms. The highest BCUT2D eigenvalue weighted by atomic mass is 35.5. The molecule has 0 spiro atoms. The first-order valence-corrected chi connectivity index (χ1v) is 10.9. The van der Waals surface area contributed by atoms with E-state index in [1.54, 1.807) is 7.11 Å². The summed E-state index contributed by atoms with van der Waals surface area (Å²) in [6.45, 7) is 3.30. The van der Waals surface area contributed by atoms with E-state index in [0.29, 0.717) is 23.9 Å². The predicted octanol–water partition coefficient (Wildman–Crippen LogP) is 4.72. The van der Waals surface area contributed by atoms with Crippen molar-refractivity contribution in [2.75, 3.05) is 26.7 Å². The van der Waals surface area contributed by atoms with Gasteiger partial charge >= 0.3 is 0 Å². The highest BCUT2D eigenvalue weighted by Crippen LogP contribution is 2.34. The Balaban J connectivity index is 1.25. The largest absolute Gasteiger partial charge is 0.497 e. The second-order valence-electron chi connectivity index (χ2n) is 7.89. The van der Waals surface area contributed by atoms with E-state index in [1.165, 1.54) is 10.9 Å². The van der Waals surface area contributed by atoms with Crippen molar-refractivity contribution in [2.45, 2.75) is 31.7 Å². The van der Waals surface area contributed by atoms with Crippen LogP contribution in [0.4, 0.5) is 0 Å². The lowest BCUT2D eigenvalue weighted by Gasteiger charge is -2.31. The number of likely N-dealkylation sites (tertiary alicyclic amines) is 1. The van der Waals surface area contributed by atoms with Crippen molar-refractivity contribution in [3.63, 3.8) is 0 Å². The van der Waals surface area contributed by atoms with E-state index in [0.717, 1.165) is 49.3 Å². The lowest BCUT2D eigenvalue weighted by Crippen LogP contribution is -2.36. The molecule has 5 nitrogen and oxygen atoms in total. The second-order valence-corrected chi connectivity index (χ2v) is 8.30. The predicted molar refractivity (Wildman–Crippen MR) is 121 cm³/mol. The van der Waals surface area contributed by atoms with Crippen LogP contribution < -0.4 is 10.1 Å². The van der Waals surface area contributed by atoms with Crippen LogP contribution in [0.5, 0.6) is 5.75 Å². The molecular formula is C24H28ClN3O2. The number of carbonyl (C=O) groups is 1.